The predicted molar refractivity (Wildman–Crippen MR) is 122 cm³/mol. The molecule has 0 radical (unpaired) electrons. The van der Waals surface area contributed by atoms with Crippen molar-refractivity contribution >= 4 is 46.5 Å². The van der Waals surface area contributed by atoms with Crippen molar-refractivity contribution in [2.75, 3.05) is 31.1 Å². The quantitative estimate of drug-likeness (QED) is 0.502. The number of pyridine rings is 1. The third-order valence-corrected chi connectivity index (χ3v) is 5.79. The first-order valence-corrected chi connectivity index (χ1v) is 10.8. The number of hydrogen-bond donors (Lipinski definition) is 1. The Kier molecular flexibility index (Phi) is 7.52. The summed E-state index contributed by atoms with van der Waals surface area (Å²) < 4.78 is 0. The van der Waals surface area contributed by atoms with Crippen LogP contribution >= 0.6 is 23.2 Å². The molecule has 1 atom stereocenters. The van der Waals surface area contributed by atoms with Crippen molar-refractivity contribution in [1.82, 2.24) is 15.2 Å². The molecule has 2 aromatic rings. The van der Waals surface area contributed by atoms with Crippen LogP contribution in [0.4, 0.5) is 11.5 Å². The SMILES string of the molecule is CC(C)C(NC(=O)c1ccc([N+](=O)[O-])cc1Cl)C(=O)N1CCN(c2ccc(Cl)cn2)CC1. The summed E-state index contributed by atoms with van der Waals surface area (Å²) in [6, 6.07) is 6.47. The second-order valence-electron chi connectivity index (χ2n) is 7.76. The molecule has 0 spiro atoms. The highest BCUT2D eigenvalue weighted by molar-refractivity contribution is 6.34. The number of aromatic nitrogens is 1. The van der Waals surface area contributed by atoms with Gasteiger partial charge in [-0.2, -0.15) is 0 Å². The lowest BCUT2D eigenvalue weighted by atomic mass is 10.0. The van der Waals surface area contributed by atoms with E-state index in [1.165, 1.54) is 12.1 Å². The molecule has 1 aromatic heterocycles. The second-order valence-corrected chi connectivity index (χ2v) is 8.61. The summed E-state index contributed by atoms with van der Waals surface area (Å²) in [5, 5.41) is 14.1. The highest BCUT2D eigenvalue weighted by Crippen LogP contribution is 2.23. The minimum absolute atomic E-state index is 0.0456. The number of carbonyl (C=O) groups excluding carboxylic acids is 2. The fourth-order valence-corrected chi connectivity index (χ4v) is 3.81. The molecule has 1 aliphatic heterocycles. The number of halogens is 2. The maximum absolute atomic E-state index is 13.2. The number of piperazine rings is 1. The normalized spacial score (nSPS) is 14.9. The number of nitro benzene ring substituents is 1. The summed E-state index contributed by atoms with van der Waals surface area (Å²) in [5.41, 5.74) is -0.134. The van der Waals surface area contributed by atoms with Crippen LogP contribution < -0.4 is 10.2 Å². The van der Waals surface area contributed by atoms with Gasteiger partial charge in [-0.1, -0.05) is 37.0 Å². The number of anilines is 1. The van der Waals surface area contributed by atoms with Crippen LogP contribution in [0.2, 0.25) is 10.0 Å². The largest absolute Gasteiger partial charge is 0.353 e. The molecule has 11 heteroatoms. The summed E-state index contributed by atoms with van der Waals surface area (Å²) in [6.07, 6.45) is 1.59. The minimum Gasteiger partial charge on any atom is -0.353 e. The summed E-state index contributed by atoms with van der Waals surface area (Å²) in [5.74, 6) is -0.113. The van der Waals surface area contributed by atoms with Crippen LogP contribution in [0.15, 0.2) is 36.5 Å². The maximum atomic E-state index is 13.2. The van der Waals surface area contributed by atoms with E-state index in [4.69, 9.17) is 23.2 Å². The minimum atomic E-state index is -0.756. The van der Waals surface area contributed by atoms with Gasteiger partial charge in [-0.3, -0.25) is 19.7 Å². The Hall–Kier alpha value is -2.91. The highest BCUT2D eigenvalue weighted by atomic mass is 35.5. The van der Waals surface area contributed by atoms with Crippen LogP contribution in [-0.2, 0) is 4.79 Å². The van der Waals surface area contributed by atoms with E-state index in [9.17, 15) is 19.7 Å². The van der Waals surface area contributed by atoms with Gasteiger partial charge in [0.2, 0.25) is 5.91 Å². The second kappa shape index (κ2) is 10.1. The van der Waals surface area contributed by atoms with Crippen LogP contribution in [0.1, 0.15) is 24.2 Å². The number of rotatable bonds is 6. The van der Waals surface area contributed by atoms with Crippen molar-refractivity contribution in [2.24, 2.45) is 5.92 Å². The number of non-ortho nitro benzene ring substituents is 1. The molecule has 1 unspecified atom stereocenters. The van der Waals surface area contributed by atoms with Crippen molar-refractivity contribution in [1.29, 1.82) is 0 Å². The number of benzene rings is 1. The zero-order chi connectivity index (χ0) is 23.4. The van der Waals surface area contributed by atoms with Gasteiger partial charge >= 0.3 is 0 Å². The molecule has 1 aliphatic rings. The summed E-state index contributed by atoms with van der Waals surface area (Å²) in [4.78, 5) is 44.3. The molecule has 0 bridgehead atoms. The van der Waals surface area contributed by atoms with E-state index in [1.807, 2.05) is 19.9 Å². The topological polar surface area (TPSA) is 109 Å². The zero-order valence-corrected chi connectivity index (χ0v) is 19.1. The molecule has 0 aliphatic carbocycles. The molecule has 2 amide bonds. The monoisotopic (exact) mass is 479 g/mol. The Morgan fingerprint density at radius 2 is 1.81 bits per heavy atom. The standard InChI is InChI=1S/C21H23Cl2N5O4/c1-13(2)19(25-20(29)16-5-4-15(28(31)32)11-17(16)23)21(30)27-9-7-26(8-10-27)18-6-3-14(22)12-24-18/h3-6,11-13,19H,7-10H2,1-2H3,(H,25,29). The van der Waals surface area contributed by atoms with E-state index in [1.54, 1.807) is 17.2 Å². The zero-order valence-electron chi connectivity index (χ0n) is 17.6. The van der Waals surface area contributed by atoms with Gasteiger partial charge in [0.25, 0.3) is 11.6 Å². The van der Waals surface area contributed by atoms with Crippen molar-refractivity contribution in [3.63, 3.8) is 0 Å². The van der Waals surface area contributed by atoms with Gasteiger partial charge < -0.3 is 15.1 Å². The van der Waals surface area contributed by atoms with Crippen LogP contribution in [0.25, 0.3) is 0 Å². The van der Waals surface area contributed by atoms with E-state index in [2.05, 4.69) is 15.2 Å². The molecule has 32 heavy (non-hydrogen) atoms. The molecule has 1 saturated heterocycles. The molecule has 1 N–H and O–H groups in total. The van der Waals surface area contributed by atoms with Gasteiger partial charge in [-0.15, -0.1) is 0 Å². The summed E-state index contributed by atoms with van der Waals surface area (Å²) in [7, 11) is 0. The Balaban J connectivity index is 1.65. The number of nitrogens with zero attached hydrogens (tertiary/aromatic N) is 4. The Morgan fingerprint density at radius 3 is 2.34 bits per heavy atom. The van der Waals surface area contributed by atoms with Gasteiger partial charge in [0.05, 0.1) is 20.5 Å². The highest BCUT2D eigenvalue weighted by Gasteiger charge is 2.31. The van der Waals surface area contributed by atoms with Gasteiger partial charge in [-0.05, 0) is 24.1 Å². The number of nitrogens with one attached hydrogen (secondary N) is 1. The molecule has 170 valence electrons. The number of nitro groups is 1. The van der Waals surface area contributed by atoms with Crippen molar-refractivity contribution in [3.8, 4) is 0 Å². The van der Waals surface area contributed by atoms with E-state index in [-0.39, 0.29) is 28.1 Å². The van der Waals surface area contributed by atoms with E-state index in [0.29, 0.717) is 31.2 Å². The molecule has 1 aromatic carbocycles. The number of carbonyl (C=O) groups is 2. The van der Waals surface area contributed by atoms with Crippen LogP contribution in [0.3, 0.4) is 0 Å². The maximum Gasteiger partial charge on any atom is 0.270 e. The molecule has 9 nitrogen and oxygen atoms in total. The fourth-order valence-electron chi connectivity index (χ4n) is 3.44. The molecule has 1 fully saturated rings. The first kappa shape index (κ1) is 23.7. The fraction of sp³-hybridized carbons (Fsp3) is 0.381. The number of amides is 2. The van der Waals surface area contributed by atoms with Crippen molar-refractivity contribution in [2.45, 2.75) is 19.9 Å². The molecular formula is C21H23Cl2N5O4. The first-order chi connectivity index (χ1) is 15.2. The molecule has 3 rings (SSSR count). The van der Waals surface area contributed by atoms with Crippen LogP contribution in [0, 0.1) is 16.0 Å². The lowest BCUT2D eigenvalue weighted by Crippen LogP contribution is -2.56. The van der Waals surface area contributed by atoms with Gasteiger partial charge in [0, 0.05) is 44.5 Å². The Labute approximate surface area is 195 Å². The predicted octanol–water partition coefficient (Wildman–Crippen LogP) is 3.40. The average molecular weight is 480 g/mol. The van der Waals surface area contributed by atoms with E-state index >= 15 is 0 Å². The van der Waals surface area contributed by atoms with Gasteiger partial charge in [-0.25, -0.2) is 4.98 Å². The van der Waals surface area contributed by atoms with Crippen molar-refractivity contribution < 1.29 is 14.5 Å². The summed E-state index contributed by atoms with van der Waals surface area (Å²) >= 11 is 12.0. The van der Waals surface area contributed by atoms with Crippen LogP contribution in [-0.4, -0.2) is 58.8 Å². The lowest BCUT2D eigenvalue weighted by molar-refractivity contribution is -0.384. The third-order valence-electron chi connectivity index (χ3n) is 5.25. The molecule has 2 heterocycles. The van der Waals surface area contributed by atoms with Crippen LogP contribution in [0.5, 0.6) is 0 Å². The van der Waals surface area contributed by atoms with E-state index < -0.39 is 16.9 Å². The molecule has 0 saturated carbocycles. The van der Waals surface area contributed by atoms with E-state index in [0.717, 1.165) is 11.9 Å². The first-order valence-electron chi connectivity index (χ1n) is 10.1. The van der Waals surface area contributed by atoms with Gasteiger partial charge in [0.1, 0.15) is 11.9 Å². The Morgan fingerprint density at radius 1 is 1.12 bits per heavy atom. The third kappa shape index (κ3) is 5.46. The van der Waals surface area contributed by atoms with Gasteiger partial charge in [0.15, 0.2) is 0 Å². The average Bonchev–Trinajstić information content (AvgIpc) is 2.77. The number of hydrogen-bond acceptors (Lipinski definition) is 6. The molecular weight excluding hydrogens is 457 g/mol. The lowest BCUT2D eigenvalue weighted by Gasteiger charge is -2.37. The smallest absolute Gasteiger partial charge is 0.270 e. The summed E-state index contributed by atoms with van der Waals surface area (Å²) in [6.45, 7) is 5.87. The Bertz CT molecular complexity index is 1010. The van der Waals surface area contributed by atoms with Crippen molar-refractivity contribution in [3.05, 3.63) is 62.3 Å².